The fourth-order valence-electron chi connectivity index (χ4n) is 1.11. The number of pyridine rings is 1. The van der Waals surface area contributed by atoms with Crippen molar-refractivity contribution in [1.29, 1.82) is 0 Å². The normalized spacial score (nSPS) is 10.1. The minimum Gasteiger partial charge on any atom is -0.385 e. The highest BCUT2D eigenvalue weighted by Crippen LogP contribution is 2.06. The molecule has 14 heavy (non-hydrogen) atoms. The van der Waals surface area contributed by atoms with Gasteiger partial charge < -0.3 is 15.8 Å². The van der Waals surface area contributed by atoms with Crippen molar-refractivity contribution < 1.29 is 4.74 Å². The van der Waals surface area contributed by atoms with Crippen molar-refractivity contribution in [2.24, 2.45) is 0 Å². The van der Waals surface area contributed by atoms with Gasteiger partial charge in [-0.25, -0.2) is 4.98 Å². The predicted molar refractivity (Wildman–Crippen MR) is 58.2 cm³/mol. The molecule has 0 atom stereocenters. The molecule has 0 saturated carbocycles. The van der Waals surface area contributed by atoms with Gasteiger partial charge in [-0.3, -0.25) is 0 Å². The summed E-state index contributed by atoms with van der Waals surface area (Å²) in [6.45, 7) is 1.76. The third-order valence-electron chi connectivity index (χ3n) is 1.89. The maximum Gasteiger partial charge on any atom is 0.123 e. The van der Waals surface area contributed by atoms with Gasteiger partial charge in [-0.2, -0.15) is 0 Å². The van der Waals surface area contributed by atoms with Crippen molar-refractivity contribution in [2.75, 3.05) is 31.3 Å². The number of nitrogens with zero attached hydrogens (tertiary/aromatic N) is 1. The number of nitrogens with two attached hydrogens (primary N) is 1. The maximum atomic E-state index is 5.47. The summed E-state index contributed by atoms with van der Waals surface area (Å²) in [5, 5.41) is 3.26. The molecule has 1 aromatic heterocycles. The van der Waals surface area contributed by atoms with Gasteiger partial charge >= 0.3 is 0 Å². The topological polar surface area (TPSA) is 60.2 Å². The lowest BCUT2D eigenvalue weighted by atomic mass is 10.3. The molecule has 0 aliphatic heterocycles. The van der Waals surface area contributed by atoms with E-state index < -0.39 is 0 Å². The highest BCUT2D eigenvalue weighted by molar-refractivity contribution is 5.45. The Labute approximate surface area is 84.5 Å². The Morgan fingerprint density at radius 1 is 1.43 bits per heavy atom. The molecular weight excluding hydrogens is 178 g/mol. The summed E-state index contributed by atoms with van der Waals surface area (Å²) >= 11 is 0. The van der Waals surface area contributed by atoms with Crippen LogP contribution in [0.15, 0.2) is 18.3 Å². The van der Waals surface area contributed by atoms with Crippen LogP contribution in [0.3, 0.4) is 0 Å². The fourth-order valence-corrected chi connectivity index (χ4v) is 1.11. The van der Waals surface area contributed by atoms with E-state index in [-0.39, 0.29) is 0 Å². The first-order chi connectivity index (χ1) is 6.83. The van der Waals surface area contributed by atoms with Crippen molar-refractivity contribution in [3.05, 3.63) is 18.3 Å². The number of anilines is 2. The average molecular weight is 195 g/mol. The third kappa shape index (κ3) is 4.09. The summed E-state index contributed by atoms with van der Waals surface area (Å²) in [6.07, 6.45) is 3.91. The number of hydrogen-bond donors (Lipinski definition) is 2. The molecule has 78 valence electrons. The first-order valence-corrected chi connectivity index (χ1v) is 4.77. The molecule has 0 aliphatic carbocycles. The smallest absolute Gasteiger partial charge is 0.123 e. The van der Waals surface area contributed by atoms with Crippen LogP contribution in [0.2, 0.25) is 0 Å². The van der Waals surface area contributed by atoms with Crippen molar-refractivity contribution >= 4 is 11.5 Å². The molecule has 3 N–H and O–H groups in total. The van der Waals surface area contributed by atoms with Gasteiger partial charge in [0, 0.05) is 20.3 Å². The highest BCUT2D eigenvalue weighted by Gasteiger charge is 1.92. The Balaban J connectivity index is 2.15. The maximum absolute atomic E-state index is 5.47. The van der Waals surface area contributed by atoms with Gasteiger partial charge in [0.2, 0.25) is 0 Å². The van der Waals surface area contributed by atoms with Gasteiger partial charge in [-0.05, 0) is 25.0 Å². The van der Waals surface area contributed by atoms with Crippen LogP contribution >= 0.6 is 0 Å². The van der Waals surface area contributed by atoms with Gasteiger partial charge in [0.15, 0.2) is 0 Å². The molecule has 0 bridgehead atoms. The molecular formula is C10H17N3O. The summed E-state index contributed by atoms with van der Waals surface area (Å²) in [5.41, 5.74) is 6.48. The number of methoxy groups -OCH3 is 1. The second-order valence-corrected chi connectivity index (χ2v) is 3.10. The fraction of sp³-hybridized carbons (Fsp3) is 0.500. The average Bonchev–Trinajstić information content (AvgIpc) is 2.21. The van der Waals surface area contributed by atoms with Gasteiger partial charge in [-0.15, -0.1) is 0 Å². The van der Waals surface area contributed by atoms with Gasteiger partial charge in [0.25, 0.3) is 0 Å². The van der Waals surface area contributed by atoms with E-state index in [2.05, 4.69) is 10.3 Å². The summed E-state index contributed by atoms with van der Waals surface area (Å²) in [4.78, 5) is 3.98. The van der Waals surface area contributed by atoms with Crippen molar-refractivity contribution in [3.63, 3.8) is 0 Å². The Morgan fingerprint density at radius 3 is 2.93 bits per heavy atom. The largest absolute Gasteiger partial charge is 0.385 e. The first-order valence-electron chi connectivity index (χ1n) is 4.77. The van der Waals surface area contributed by atoms with Crippen LogP contribution in [0.4, 0.5) is 11.5 Å². The molecule has 4 nitrogen and oxygen atoms in total. The van der Waals surface area contributed by atoms with Crippen LogP contribution in [-0.2, 0) is 4.74 Å². The van der Waals surface area contributed by atoms with E-state index in [4.69, 9.17) is 10.5 Å². The lowest BCUT2D eigenvalue weighted by Gasteiger charge is -2.05. The SMILES string of the molecule is COCCCCNc1ccc(N)nc1. The van der Waals surface area contributed by atoms with Gasteiger partial charge in [-0.1, -0.05) is 0 Å². The lowest BCUT2D eigenvalue weighted by molar-refractivity contribution is 0.194. The zero-order valence-corrected chi connectivity index (χ0v) is 8.49. The monoisotopic (exact) mass is 195 g/mol. The van der Waals surface area contributed by atoms with Crippen molar-refractivity contribution in [2.45, 2.75) is 12.8 Å². The summed E-state index contributed by atoms with van der Waals surface area (Å²) < 4.78 is 4.95. The highest BCUT2D eigenvalue weighted by atomic mass is 16.5. The third-order valence-corrected chi connectivity index (χ3v) is 1.89. The molecule has 0 amide bonds. The van der Waals surface area contributed by atoms with Gasteiger partial charge in [0.05, 0.1) is 11.9 Å². The second kappa shape index (κ2) is 6.21. The van der Waals surface area contributed by atoms with Crippen LogP contribution in [0.25, 0.3) is 0 Å². The molecule has 1 rings (SSSR count). The number of nitrogen functional groups attached to an aromatic ring is 1. The molecule has 0 aromatic carbocycles. The zero-order chi connectivity index (χ0) is 10.2. The van der Waals surface area contributed by atoms with Crippen LogP contribution in [0, 0.1) is 0 Å². The molecule has 4 heteroatoms. The van der Waals surface area contributed by atoms with Crippen LogP contribution in [0.5, 0.6) is 0 Å². The number of rotatable bonds is 6. The minimum absolute atomic E-state index is 0.551. The van der Waals surface area contributed by atoms with Crippen LogP contribution in [-0.4, -0.2) is 25.2 Å². The molecule has 0 aliphatic rings. The Hall–Kier alpha value is -1.29. The standard InChI is InChI=1S/C10H17N3O/c1-14-7-3-2-6-12-9-4-5-10(11)13-8-9/h4-5,8,12H,2-3,6-7H2,1H3,(H2,11,13). The number of aromatic nitrogens is 1. The van der Waals surface area contributed by atoms with Crippen molar-refractivity contribution in [3.8, 4) is 0 Å². The molecule has 0 radical (unpaired) electrons. The van der Waals surface area contributed by atoms with Crippen LogP contribution < -0.4 is 11.1 Å². The summed E-state index contributed by atoms with van der Waals surface area (Å²) in [5.74, 6) is 0.551. The molecule has 0 spiro atoms. The van der Waals surface area contributed by atoms with E-state index in [0.717, 1.165) is 31.7 Å². The van der Waals surface area contributed by atoms with E-state index in [1.807, 2.05) is 6.07 Å². The number of ether oxygens (including phenoxy) is 1. The molecule has 1 heterocycles. The minimum atomic E-state index is 0.551. The molecule has 1 aromatic rings. The number of hydrogen-bond acceptors (Lipinski definition) is 4. The first kappa shape index (κ1) is 10.8. The molecule has 0 unspecified atom stereocenters. The molecule has 0 fully saturated rings. The quantitative estimate of drug-likeness (QED) is 0.675. The Morgan fingerprint density at radius 2 is 2.29 bits per heavy atom. The van der Waals surface area contributed by atoms with E-state index in [9.17, 15) is 0 Å². The number of nitrogens with one attached hydrogen (secondary N) is 1. The van der Waals surface area contributed by atoms with Crippen LogP contribution in [0.1, 0.15) is 12.8 Å². The lowest BCUT2D eigenvalue weighted by Crippen LogP contribution is -2.03. The molecule has 0 saturated heterocycles. The van der Waals surface area contributed by atoms with E-state index in [1.165, 1.54) is 0 Å². The summed E-state index contributed by atoms with van der Waals surface area (Å²) in [7, 11) is 1.72. The van der Waals surface area contributed by atoms with Gasteiger partial charge in [0.1, 0.15) is 5.82 Å². The summed E-state index contributed by atoms with van der Waals surface area (Å²) in [6, 6.07) is 3.72. The predicted octanol–water partition coefficient (Wildman–Crippen LogP) is 1.50. The van der Waals surface area contributed by atoms with E-state index in [1.54, 1.807) is 19.4 Å². The Bertz CT molecular complexity index is 248. The number of unbranched alkanes of at least 4 members (excludes halogenated alkanes) is 1. The van der Waals surface area contributed by atoms with E-state index in [0.29, 0.717) is 5.82 Å². The second-order valence-electron chi connectivity index (χ2n) is 3.10. The zero-order valence-electron chi connectivity index (χ0n) is 8.49. The van der Waals surface area contributed by atoms with Crippen molar-refractivity contribution in [1.82, 2.24) is 4.98 Å². The Kier molecular flexibility index (Phi) is 4.78. The van der Waals surface area contributed by atoms with E-state index >= 15 is 0 Å².